The second-order valence-corrected chi connectivity index (χ2v) is 4.68. The fourth-order valence-electron chi connectivity index (χ4n) is 2.11. The Morgan fingerprint density at radius 2 is 1.65 bits per heavy atom. The molecule has 0 spiro atoms. The number of carbonyl (C=O) groups excluding carboxylic acids is 1. The number of hydrogen-bond donors (Lipinski definition) is 2. The van der Waals surface area contributed by atoms with Crippen LogP contribution in [0.2, 0.25) is 0 Å². The van der Waals surface area contributed by atoms with Gasteiger partial charge < -0.3 is 10.4 Å². The van der Waals surface area contributed by atoms with Gasteiger partial charge in [-0.2, -0.15) is 0 Å². The van der Waals surface area contributed by atoms with Crippen molar-refractivity contribution in [1.29, 1.82) is 0 Å². The van der Waals surface area contributed by atoms with Crippen LogP contribution in [-0.2, 0) is 9.59 Å². The number of benzene rings is 2. The smallest absolute Gasteiger partial charge is 0.303 e. The summed E-state index contributed by atoms with van der Waals surface area (Å²) in [4.78, 5) is 22.2. The Kier molecular flexibility index (Phi) is 4.71. The molecule has 0 heterocycles. The minimum Gasteiger partial charge on any atom is -0.481 e. The van der Waals surface area contributed by atoms with Gasteiger partial charge in [-0.15, -0.1) is 0 Å². The van der Waals surface area contributed by atoms with Crippen LogP contribution in [0.5, 0.6) is 0 Å². The monoisotopic (exact) mass is 271 g/mol. The van der Waals surface area contributed by atoms with Crippen molar-refractivity contribution in [1.82, 2.24) is 0 Å². The minimum absolute atomic E-state index is 0.0771. The number of fused-ring (bicyclic) bond motifs is 1. The molecule has 4 heteroatoms. The molecule has 0 radical (unpaired) electrons. The summed E-state index contributed by atoms with van der Waals surface area (Å²) < 4.78 is 0. The number of amides is 1. The van der Waals surface area contributed by atoms with Gasteiger partial charge in [-0.3, -0.25) is 9.59 Å². The van der Waals surface area contributed by atoms with E-state index < -0.39 is 5.97 Å². The van der Waals surface area contributed by atoms with Crippen molar-refractivity contribution in [3.63, 3.8) is 0 Å². The van der Waals surface area contributed by atoms with E-state index in [1.54, 1.807) is 0 Å². The molecule has 0 aliphatic rings. The van der Waals surface area contributed by atoms with Crippen molar-refractivity contribution in [3.8, 4) is 0 Å². The number of hydrogen-bond acceptors (Lipinski definition) is 2. The molecule has 2 aromatic carbocycles. The molecule has 4 nitrogen and oxygen atoms in total. The van der Waals surface area contributed by atoms with Gasteiger partial charge in [0.15, 0.2) is 0 Å². The normalized spacial score (nSPS) is 10.4. The third-order valence-electron chi connectivity index (χ3n) is 3.11. The fraction of sp³-hybridized carbons (Fsp3) is 0.250. The van der Waals surface area contributed by atoms with E-state index >= 15 is 0 Å². The first kappa shape index (κ1) is 14.1. The lowest BCUT2D eigenvalue weighted by atomic mass is 10.1. The highest BCUT2D eigenvalue weighted by Gasteiger charge is 2.06. The molecule has 0 atom stereocenters. The summed E-state index contributed by atoms with van der Waals surface area (Å²) in [6.45, 7) is 0. The summed E-state index contributed by atoms with van der Waals surface area (Å²) in [6.07, 6.45) is 1.57. The van der Waals surface area contributed by atoms with Crippen LogP contribution in [0.1, 0.15) is 25.7 Å². The van der Waals surface area contributed by atoms with Crippen LogP contribution in [-0.4, -0.2) is 17.0 Å². The maximum Gasteiger partial charge on any atom is 0.303 e. The molecule has 1 amide bonds. The number of carbonyl (C=O) groups is 2. The van der Waals surface area contributed by atoms with Crippen molar-refractivity contribution in [2.75, 3.05) is 5.32 Å². The van der Waals surface area contributed by atoms with E-state index in [4.69, 9.17) is 5.11 Å². The SMILES string of the molecule is O=C(O)CCCCC(=O)Nc1cccc2ccccc12. The first-order chi connectivity index (χ1) is 9.66. The van der Waals surface area contributed by atoms with E-state index in [0.717, 1.165) is 16.5 Å². The molecular weight excluding hydrogens is 254 g/mol. The maximum absolute atomic E-state index is 11.8. The Labute approximate surface area is 117 Å². The largest absolute Gasteiger partial charge is 0.481 e. The molecule has 2 rings (SSSR count). The summed E-state index contributed by atoms with van der Waals surface area (Å²) in [5.74, 6) is -0.897. The van der Waals surface area contributed by atoms with Crippen LogP contribution in [0.3, 0.4) is 0 Å². The van der Waals surface area contributed by atoms with Crippen LogP contribution in [0.4, 0.5) is 5.69 Å². The molecule has 20 heavy (non-hydrogen) atoms. The Bertz CT molecular complexity index is 617. The lowest BCUT2D eigenvalue weighted by Gasteiger charge is -2.08. The van der Waals surface area contributed by atoms with Crippen molar-refractivity contribution in [3.05, 3.63) is 42.5 Å². The van der Waals surface area contributed by atoms with Crippen LogP contribution >= 0.6 is 0 Å². The number of rotatable bonds is 6. The molecule has 2 N–H and O–H groups in total. The molecule has 0 fully saturated rings. The summed E-state index contributed by atoms with van der Waals surface area (Å²) in [5, 5.41) is 13.5. The number of unbranched alkanes of at least 4 members (excludes halogenated alkanes) is 1. The summed E-state index contributed by atoms with van der Waals surface area (Å²) >= 11 is 0. The van der Waals surface area contributed by atoms with E-state index in [9.17, 15) is 9.59 Å². The second-order valence-electron chi connectivity index (χ2n) is 4.68. The minimum atomic E-state index is -0.820. The predicted octanol–water partition coefficient (Wildman–Crippen LogP) is 3.42. The molecule has 0 saturated carbocycles. The maximum atomic E-state index is 11.8. The molecule has 104 valence electrons. The number of carboxylic acid groups (broad SMARTS) is 1. The van der Waals surface area contributed by atoms with E-state index in [2.05, 4.69) is 5.32 Å². The van der Waals surface area contributed by atoms with E-state index in [-0.39, 0.29) is 12.3 Å². The van der Waals surface area contributed by atoms with E-state index in [1.165, 1.54) is 0 Å². The molecule has 0 aliphatic carbocycles. The third-order valence-corrected chi connectivity index (χ3v) is 3.11. The Balaban J connectivity index is 1.94. The Morgan fingerprint density at radius 3 is 2.45 bits per heavy atom. The van der Waals surface area contributed by atoms with E-state index in [0.29, 0.717) is 19.3 Å². The quantitative estimate of drug-likeness (QED) is 0.791. The Hall–Kier alpha value is -2.36. The molecule has 0 bridgehead atoms. The molecule has 0 unspecified atom stereocenters. The zero-order chi connectivity index (χ0) is 14.4. The zero-order valence-corrected chi connectivity index (χ0v) is 11.1. The van der Waals surface area contributed by atoms with Crippen LogP contribution in [0.15, 0.2) is 42.5 Å². The molecule has 0 aromatic heterocycles. The van der Waals surface area contributed by atoms with Gasteiger partial charge in [-0.05, 0) is 24.3 Å². The lowest BCUT2D eigenvalue weighted by molar-refractivity contribution is -0.137. The van der Waals surface area contributed by atoms with Gasteiger partial charge in [-0.25, -0.2) is 0 Å². The highest BCUT2D eigenvalue weighted by Crippen LogP contribution is 2.23. The first-order valence-corrected chi connectivity index (χ1v) is 6.66. The van der Waals surface area contributed by atoms with Crippen molar-refractivity contribution < 1.29 is 14.7 Å². The summed E-state index contributed by atoms with van der Waals surface area (Å²) in [5.41, 5.74) is 0.798. The van der Waals surface area contributed by atoms with Crippen molar-refractivity contribution in [2.24, 2.45) is 0 Å². The molecule has 2 aromatic rings. The zero-order valence-electron chi connectivity index (χ0n) is 11.1. The second kappa shape index (κ2) is 6.70. The van der Waals surface area contributed by atoms with Gasteiger partial charge in [0.25, 0.3) is 0 Å². The molecule has 0 saturated heterocycles. The van der Waals surface area contributed by atoms with Crippen LogP contribution in [0.25, 0.3) is 10.8 Å². The van der Waals surface area contributed by atoms with Crippen LogP contribution < -0.4 is 5.32 Å². The number of nitrogens with one attached hydrogen (secondary N) is 1. The van der Waals surface area contributed by atoms with Crippen LogP contribution in [0, 0.1) is 0 Å². The highest BCUT2D eigenvalue weighted by molar-refractivity contribution is 6.02. The van der Waals surface area contributed by atoms with Gasteiger partial charge in [0, 0.05) is 23.9 Å². The topological polar surface area (TPSA) is 66.4 Å². The van der Waals surface area contributed by atoms with Crippen molar-refractivity contribution >= 4 is 28.3 Å². The van der Waals surface area contributed by atoms with E-state index in [1.807, 2.05) is 42.5 Å². The number of aliphatic carboxylic acids is 1. The average Bonchev–Trinajstić information content (AvgIpc) is 2.44. The highest BCUT2D eigenvalue weighted by atomic mass is 16.4. The van der Waals surface area contributed by atoms with Gasteiger partial charge >= 0.3 is 5.97 Å². The predicted molar refractivity (Wildman–Crippen MR) is 78.7 cm³/mol. The summed E-state index contributed by atoms with van der Waals surface area (Å²) in [7, 11) is 0. The number of anilines is 1. The Morgan fingerprint density at radius 1 is 0.950 bits per heavy atom. The first-order valence-electron chi connectivity index (χ1n) is 6.66. The molecular formula is C16H17NO3. The van der Waals surface area contributed by atoms with Gasteiger partial charge in [0.05, 0.1) is 0 Å². The summed E-state index contributed by atoms with van der Waals surface area (Å²) in [6, 6.07) is 13.6. The van der Waals surface area contributed by atoms with Crippen molar-refractivity contribution in [2.45, 2.75) is 25.7 Å². The average molecular weight is 271 g/mol. The standard InChI is InChI=1S/C16H17NO3/c18-15(10-3-4-11-16(19)20)17-14-9-5-7-12-6-1-2-8-13(12)14/h1-2,5-9H,3-4,10-11H2,(H,17,18)(H,19,20). The van der Waals surface area contributed by atoms with Gasteiger partial charge in [-0.1, -0.05) is 36.4 Å². The molecule has 0 aliphatic heterocycles. The fourth-order valence-corrected chi connectivity index (χ4v) is 2.11. The lowest BCUT2D eigenvalue weighted by Crippen LogP contribution is -2.11. The van der Waals surface area contributed by atoms with Gasteiger partial charge in [0.1, 0.15) is 0 Å². The van der Waals surface area contributed by atoms with Gasteiger partial charge in [0.2, 0.25) is 5.91 Å². The third kappa shape index (κ3) is 3.82. The number of carboxylic acids is 1.